The predicted molar refractivity (Wildman–Crippen MR) is 119 cm³/mol. The Morgan fingerprint density at radius 1 is 1.06 bits per heavy atom. The summed E-state index contributed by atoms with van der Waals surface area (Å²) in [5.41, 5.74) is 8.95. The van der Waals surface area contributed by atoms with Crippen LogP contribution < -0.4 is 19.9 Å². The summed E-state index contributed by atoms with van der Waals surface area (Å²) < 4.78 is 31.0. The second kappa shape index (κ2) is 9.05. The van der Waals surface area contributed by atoms with Crippen molar-refractivity contribution in [3.63, 3.8) is 0 Å². The van der Waals surface area contributed by atoms with Gasteiger partial charge in [-0.25, -0.2) is 9.18 Å². The van der Waals surface area contributed by atoms with Crippen molar-refractivity contribution < 1.29 is 23.4 Å². The van der Waals surface area contributed by atoms with E-state index in [1.807, 2.05) is 38.1 Å². The van der Waals surface area contributed by atoms with Crippen LogP contribution in [-0.2, 0) is 4.79 Å². The van der Waals surface area contributed by atoms with Crippen LogP contribution in [0.4, 0.5) is 4.39 Å². The highest BCUT2D eigenvalue weighted by Gasteiger charge is 2.32. The number of rotatable bonds is 5. The van der Waals surface area contributed by atoms with Crippen LogP contribution in [0.15, 0.2) is 72.1 Å². The molecule has 33 heavy (non-hydrogen) atoms. The zero-order chi connectivity index (χ0) is 23.5. The molecule has 0 fully saturated rings. The van der Waals surface area contributed by atoms with Crippen molar-refractivity contribution in [2.45, 2.75) is 19.8 Å². The van der Waals surface area contributed by atoms with Crippen molar-refractivity contribution >= 4 is 5.97 Å². The van der Waals surface area contributed by atoms with E-state index in [0.717, 1.165) is 11.1 Å². The lowest BCUT2D eigenvalue weighted by atomic mass is 9.83. The van der Waals surface area contributed by atoms with Crippen molar-refractivity contribution in [3.8, 4) is 23.3 Å². The third-order valence-electron chi connectivity index (χ3n) is 5.19. The fourth-order valence-corrected chi connectivity index (χ4v) is 3.85. The number of ether oxygens (including phenoxy) is 3. The molecule has 1 heterocycles. The summed E-state index contributed by atoms with van der Waals surface area (Å²) in [6.45, 7) is 3.61. The topological polar surface area (TPSA) is 94.6 Å². The third kappa shape index (κ3) is 4.65. The number of carbonyl (C=O) groups excluding carboxylic acids is 1. The van der Waals surface area contributed by atoms with Crippen LogP contribution in [0.25, 0.3) is 0 Å². The van der Waals surface area contributed by atoms with Crippen LogP contribution in [0.5, 0.6) is 17.2 Å². The summed E-state index contributed by atoms with van der Waals surface area (Å²) in [7, 11) is 0. The second-order valence-electron chi connectivity index (χ2n) is 7.73. The Morgan fingerprint density at radius 3 is 2.48 bits per heavy atom. The van der Waals surface area contributed by atoms with Crippen LogP contribution in [-0.4, -0.2) is 12.6 Å². The fourth-order valence-electron chi connectivity index (χ4n) is 3.85. The van der Waals surface area contributed by atoms with E-state index in [9.17, 15) is 14.4 Å². The van der Waals surface area contributed by atoms with Gasteiger partial charge in [0.25, 0.3) is 0 Å². The standard InChI is InChI=1S/C26H21FN2O4/c1-15-9-16(2)11-18(10-15)31-14-24(30)32-17-7-8-20-23(12-17)33-26(29)21(13-28)25(20)19-5-3-4-6-22(19)27/h3-12,25H,14,29H2,1-2H3. The maximum atomic E-state index is 14.5. The smallest absolute Gasteiger partial charge is 0.349 e. The van der Waals surface area contributed by atoms with Crippen molar-refractivity contribution in [1.82, 2.24) is 0 Å². The number of hydrogen-bond donors (Lipinski definition) is 1. The highest BCUT2D eigenvalue weighted by atomic mass is 19.1. The lowest BCUT2D eigenvalue weighted by molar-refractivity contribution is -0.136. The maximum Gasteiger partial charge on any atom is 0.349 e. The van der Waals surface area contributed by atoms with Gasteiger partial charge in [0, 0.05) is 17.2 Å². The lowest BCUT2D eigenvalue weighted by Gasteiger charge is -2.27. The molecule has 0 radical (unpaired) electrons. The normalized spacial score (nSPS) is 14.7. The molecule has 1 atom stereocenters. The zero-order valence-electron chi connectivity index (χ0n) is 18.1. The molecular weight excluding hydrogens is 423 g/mol. The van der Waals surface area contributed by atoms with Crippen molar-refractivity contribution in [1.29, 1.82) is 5.26 Å². The molecule has 0 bridgehead atoms. The molecule has 0 amide bonds. The lowest BCUT2D eigenvalue weighted by Crippen LogP contribution is -2.22. The summed E-state index contributed by atoms with van der Waals surface area (Å²) in [6.07, 6.45) is 0. The average molecular weight is 444 g/mol. The summed E-state index contributed by atoms with van der Waals surface area (Å²) in [5, 5.41) is 9.60. The van der Waals surface area contributed by atoms with E-state index < -0.39 is 17.7 Å². The molecule has 3 aromatic carbocycles. The second-order valence-corrected chi connectivity index (χ2v) is 7.73. The molecule has 0 aromatic heterocycles. The molecule has 1 unspecified atom stereocenters. The van der Waals surface area contributed by atoms with Crippen molar-refractivity contribution in [2.75, 3.05) is 6.61 Å². The van der Waals surface area contributed by atoms with Gasteiger partial charge in [0.1, 0.15) is 34.7 Å². The number of hydrogen-bond acceptors (Lipinski definition) is 6. The first-order valence-corrected chi connectivity index (χ1v) is 10.2. The molecule has 3 aromatic rings. The molecule has 4 rings (SSSR count). The number of nitrogens with zero attached hydrogens (tertiary/aromatic N) is 1. The number of aryl methyl sites for hydroxylation is 2. The molecule has 0 saturated carbocycles. The van der Waals surface area contributed by atoms with E-state index in [1.165, 1.54) is 12.1 Å². The molecule has 0 saturated heterocycles. The zero-order valence-corrected chi connectivity index (χ0v) is 18.1. The first-order chi connectivity index (χ1) is 15.9. The van der Waals surface area contributed by atoms with Crippen LogP contribution >= 0.6 is 0 Å². The number of esters is 1. The van der Waals surface area contributed by atoms with Gasteiger partial charge in [-0.3, -0.25) is 0 Å². The van der Waals surface area contributed by atoms with Crippen LogP contribution in [0.3, 0.4) is 0 Å². The van der Waals surface area contributed by atoms with E-state index in [-0.39, 0.29) is 29.6 Å². The van der Waals surface area contributed by atoms with Gasteiger partial charge in [-0.2, -0.15) is 5.26 Å². The molecule has 2 N–H and O–H groups in total. The van der Waals surface area contributed by atoms with E-state index in [0.29, 0.717) is 16.9 Å². The molecule has 6 nitrogen and oxygen atoms in total. The van der Waals surface area contributed by atoms with Crippen LogP contribution in [0.2, 0.25) is 0 Å². The summed E-state index contributed by atoms with van der Waals surface area (Å²) >= 11 is 0. The highest BCUT2D eigenvalue weighted by molar-refractivity contribution is 5.74. The molecule has 7 heteroatoms. The van der Waals surface area contributed by atoms with E-state index >= 15 is 0 Å². The first-order valence-electron chi connectivity index (χ1n) is 10.2. The first kappa shape index (κ1) is 21.9. The Balaban J connectivity index is 1.55. The van der Waals surface area contributed by atoms with E-state index in [1.54, 1.807) is 30.3 Å². The number of carbonyl (C=O) groups is 1. The third-order valence-corrected chi connectivity index (χ3v) is 5.19. The highest BCUT2D eigenvalue weighted by Crippen LogP contribution is 2.44. The van der Waals surface area contributed by atoms with Crippen molar-refractivity contribution in [2.24, 2.45) is 5.73 Å². The molecule has 1 aliphatic heterocycles. The number of halogens is 1. The Morgan fingerprint density at radius 2 is 1.79 bits per heavy atom. The number of nitriles is 1. The van der Waals surface area contributed by atoms with Crippen LogP contribution in [0.1, 0.15) is 28.2 Å². The maximum absolute atomic E-state index is 14.5. The number of nitrogens with two attached hydrogens (primary N) is 1. The largest absolute Gasteiger partial charge is 0.482 e. The van der Waals surface area contributed by atoms with Crippen molar-refractivity contribution in [3.05, 3.63) is 100 Å². The molecular formula is C26H21FN2O4. The molecule has 166 valence electrons. The SMILES string of the molecule is Cc1cc(C)cc(OCC(=O)Oc2ccc3c(c2)OC(N)=C(C#N)C3c2ccccc2F)c1. The average Bonchev–Trinajstić information content (AvgIpc) is 2.76. The summed E-state index contributed by atoms with van der Waals surface area (Å²) in [5.74, 6) is -0.861. The Hall–Kier alpha value is -4.31. The predicted octanol–water partition coefficient (Wildman–Crippen LogP) is 4.65. The van der Waals surface area contributed by atoms with Gasteiger partial charge in [0.05, 0.1) is 5.92 Å². The van der Waals surface area contributed by atoms with Gasteiger partial charge >= 0.3 is 5.97 Å². The minimum absolute atomic E-state index is 0.110. The van der Waals surface area contributed by atoms with Gasteiger partial charge < -0.3 is 19.9 Å². The number of allylic oxidation sites excluding steroid dienone is 1. The molecule has 0 aliphatic carbocycles. The van der Waals surface area contributed by atoms with E-state index in [2.05, 4.69) is 0 Å². The number of fused-ring (bicyclic) bond motifs is 1. The van der Waals surface area contributed by atoms with Gasteiger partial charge in [-0.1, -0.05) is 30.3 Å². The minimum atomic E-state index is -0.738. The Kier molecular flexibility index (Phi) is 6.01. The fraction of sp³-hybridized carbons (Fsp3) is 0.154. The van der Waals surface area contributed by atoms with Gasteiger partial charge in [0.15, 0.2) is 6.61 Å². The summed E-state index contributed by atoms with van der Waals surface area (Å²) in [6, 6.07) is 18.5. The summed E-state index contributed by atoms with van der Waals surface area (Å²) in [4.78, 5) is 12.3. The van der Waals surface area contributed by atoms with E-state index in [4.69, 9.17) is 19.9 Å². The van der Waals surface area contributed by atoms with Crippen LogP contribution in [0, 0.1) is 31.0 Å². The molecule has 0 spiro atoms. The Bertz CT molecular complexity index is 1290. The number of benzene rings is 3. The van der Waals surface area contributed by atoms with Gasteiger partial charge in [-0.15, -0.1) is 0 Å². The minimum Gasteiger partial charge on any atom is -0.482 e. The van der Waals surface area contributed by atoms with Gasteiger partial charge in [0.2, 0.25) is 5.88 Å². The Labute approximate surface area is 190 Å². The monoisotopic (exact) mass is 444 g/mol. The van der Waals surface area contributed by atoms with Gasteiger partial charge in [-0.05, 0) is 49.2 Å². The quantitative estimate of drug-likeness (QED) is 0.455. The molecule has 1 aliphatic rings.